The molecule has 0 saturated carbocycles. The number of carbonyl (C=O) groups excluding carboxylic acids is 4. The molecule has 53 heavy (non-hydrogen) atoms. The molecule has 0 radical (unpaired) electrons. The third-order valence-corrected chi connectivity index (χ3v) is 8.70. The molecule has 4 amide bonds. The Morgan fingerprint density at radius 2 is 1.77 bits per heavy atom. The molecule has 0 saturated heterocycles. The van der Waals surface area contributed by atoms with Gasteiger partial charge in [0.25, 0.3) is 11.8 Å². The molecule has 3 heterocycles. The molecule has 16 heteroatoms. The normalized spacial score (nSPS) is 19.0. The quantitative estimate of drug-likeness (QED) is 0.235. The SMILES string of the molecule is COc1ccc2cc1OCc1cn(nn1)CCCN(C(=O)c1cnc3ccccc3n1)CCCCNC(=O)[C@H]([C@@H](C)O)NC(=O)[C@@H](CC(C)C)NC2=O. The van der Waals surface area contributed by atoms with Crippen LogP contribution in [0.4, 0.5) is 0 Å². The molecule has 0 fully saturated rings. The van der Waals surface area contributed by atoms with Gasteiger partial charge >= 0.3 is 0 Å². The Kier molecular flexibility index (Phi) is 13.3. The first-order valence-electron chi connectivity index (χ1n) is 17.8. The fourth-order valence-corrected chi connectivity index (χ4v) is 5.91. The van der Waals surface area contributed by atoms with Crippen LogP contribution in [0.1, 0.15) is 73.0 Å². The Labute approximate surface area is 307 Å². The van der Waals surface area contributed by atoms with Crippen LogP contribution in [-0.4, -0.2) is 104 Å². The molecule has 4 bridgehead atoms. The average molecular weight is 730 g/mol. The second-order valence-corrected chi connectivity index (χ2v) is 13.4. The molecule has 2 aromatic heterocycles. The summed E-state index contributed by atoms with van der Waals surface area (Å²) in [5.41, 5.74) is 2.30. The molecule has 16 nitrogen and oxygen atoms in total. The number of hydrogen-bond donors (Lipinski definition) is 4. The summed E-state index contributed by atoms with van der Waals surface area (Å²) in [7, 11) is 1.48. The minimum absolute atomic E-state index is 0.0135. The number of hydrogen-bond acceptors (Lipinski definition) is 11. The molecule has 1 aliphatic heterocycles. The van der Waals surface area contributed by atoms with Crippen molar-refractivity contribution in [3.8, 4) is 11.5 Å². The Balaban J connectivity index is 1.38. The third kappa shape index (κ3) is 10.5. The zero-order valence-electron chi connectivity index (χ0n) is 30.4. The van der Waals surface area contributed by atoms with E-state index in [4.69, 9.17) is 9.47 Å². The van der Waals surface area contributed by atoms with Gasteiger partial charge in [-0.1, -0.05) is 31.2 Å². The molecule has 1 aliphatic rings. The number of aromatic nitrogens is 5. The summed E-state index contributed by atoms with van der Waals surface area (Å²) >= 11 is 0. The van der Waals surface area contributed by atoms with Crippen LogP contribution in [0.15, 0.2) is 54.9 Å². The number of aliphatic hydroxyl groups is 1. The number of rotatable bonds is 5. The van der Waals surface area contributed by atoms with Crippen LogP contribution >= 0.6 is 0 Å². The summed E-state index contributed by atoms with van der Waals surface area (Å²) < 4.78 is 13.1. The molecule has 0 unspecified atom stereocenters. The van der Waals surface area contributed by atoms with Gasteiger partial charge in [-0.15, -0.1) is 5.10 Å². The molecule has 0 spiro atoms. The zero-order valence-corrected chi connectivity index (χ0v) is 30.4. The number of nitrogens with zero attached hydrogens (tertiary/aromatic N) is 6. The van der Waals surface area contributed by atoms with E-state index in [0.717, 1.165) is 0 Å². The zero-order chi connectivity index (χ0) is 37.9. The van der Waals surface area contributed by atoms with E-state index in [1.54, 1.807) is 34.0 Å². The van der Waals surface area contributed by atoms with Gasteiger partial charge in [-0.25, -0.2) is 4.98 Å². The summed E-state index contributed by atoms with van der Waals surface area (Å²) in [6, 6.07) is 9.73. The first-order chi connectivity index (χ1) is 25.5. The molecule has 0 aliphatic carbocycles. The average Bonchev–Trinajstić information content (AvgIpc) is 3.60. The highest BCUT2D eigenvalue weighted by Crippen LogP contribution is 2.29. The van der Waals surface area contributed by atoms with E-state index in [1.807, 2.05) is 32.0 Å². The van der Waals surface area contributed by atoms with Crippen molar-refractivity contribution >= 4 is 34.7 Å². The Bertz CT molecular complexity index is 1900. The summed E-state index contributed by atoms with van der Waals surface area (Å²) in [4.78, 5) is 64.5. The molecule has 3 atom stereocenters. The maximum absolute atomic E-state index is 13.7. The fraction of sp³-hybridized carbons (Fsp3) is 0.459. The number of aliphatic hydroxyl groups excluding tert-OH is 1. The van der Waals surface area contributed by atoms with E-state index in [9.17, 15) is 24.3 Å². The lowest BCUT2D eigenvalue weighted by Gasteiger charge is -2.26. The van der Waals surface area contributed by atoms with Crippen LogP contribution in [0.25, 0.3) is 11.0 Å². The van der Waals surface area contributed by atoms with Crippen molar-refractivity contribution in [3.05, 3.63) is 71.8 Å². The van der Waals surface area contributed by atoms with Crippen LogP contribution in [0.5, 0.6) is 11.5 Å². The van der Waals surface area contributed by atoms with Gasteiger partial charge in [-0.05, 0) is 68.9 Å². The lowest BCUT2D eigenvalue weighted by Crippen LogP contribution is -2.57. The largest absolute Gasteiger partial charge is 0.493 e. The number of carbonyl (C=O) groups is 4. The minimum Gasteiger partial charge on any atom is -0.493 e. The minimum atomic E-state index is -1.26. The van der Waals surface area contributed by atoms with E-state index in [0.29, 0.717) is 61.4 Å². The van der Waals surface area contributed by atoms with E-state index in [2.05, 4.69) is 36.2 Å². The van der Waals surface area contributed by atoms with E-state index >= 15 is 0 Å². The van der Waals surface area contributed by atoms with E-state index in [1.165, 1.54) is 26.3 Å². The maximum atomic E-state index is 13.7. The second-order valence-electron chi connectivity index (χ2n) is 13.4. The summed E-state index contributed by atoms with van der Waals surface area (Å²) in [6.45, 7) is 6.75. The smallest absolute Gasteiger partial charge is 0.274 e. The van der Waals surface area contributed by atoms with Crippen molar-refractivity contribution in [1.82, 2.24) is 45.8 Å². The molecular weight excluding hydrogens is 682 g/mol. The van der Waals surface area contributed by atoms with Crippen molar-refractivity contribution in [2.75, 3.05) is 26.7 Å². The van der Waals surface area contributed by atoms with Gasteiger partial charge < -0.3 is 35.4 Å². The van der Waals surface area contributed by atoms with Gasteiger partial charge in [-0.3, -0.25) is 28.8 Å². The number of methoxy groups -OCH3 is 1. The fourth-order valence-electron chi connectivity index (χ4n) is 5.91. The van der Waals surface area contributed by atoms with Gasteiger partial charge in [0.2, 0.25) is 11.8 Å². The predicted molar refractivity (Wildman–Crippen MR) is 194 cm³/mol. The number of fused-ring (bicyclic) bond motifs is 5. The molecule has 4 aromatic rings. The number of nitrogens with one attached hydrogen (secondary N) is 3. The summed E-state index contributed by atoms with van der Waals surface area (Å²) in [5, 5.41) is 27.1. The topological polar surface area (TPSA) is 203 Å². The lowest BCUT2D eigenvalue weighted by molar-refractivity contribution is -0.132. The predicted octanol–water partition coefficient (Wildman–Crippen LogP) is 2.26. The molecule has 4 N–H and O–H groups in total. The van der Waals surface area contributed by atoms with Crippen LogP contribution in [0, 0.1) is 5.92 Å². The highest BCUT2D eigenvalue weighted by molar-refractivity contribution is 5.99. The van der Waals surface area contributed by atoms with Gasteiger partial charge in [0.15, 0.2) is 11.5 Å². The molecule has 2 aromatic carbocycles. The van der Waals surface area contributed by atoms with Gasteiger partial charge in [0, 0.05) is 31.7 Å². The highest BCUT2D eigenvalue weighted by atomic mass is 16.5. The first-order valence-corrected chi connectivity index (χ1v) is 17.8. The summed E-state index contributed by atoms with van der Waals surface area (Å²) in [6.07, 6.45) is 3.92. The number of aryl methyl sites for hydroxylation is 1. The highest BCUT2D eigenvalue weighted by Gasteiger charge is 2.30. The Morgan fingerprint density at radius 1 is 1.00 bits per heavy atom. The third-order valence-electron chi connectivity index (χ3n) is 8.70. The van der Waals surface area contributed by atoms with Crippen molar-refractivity contribution in [3.63, 3.8) is 0 Å². The summed E-state index contributed by atoms with van der Waals surface area (Å²) in [5.74, 6) is -1.29. The number of para-hydroxylation sites is 2. The van der Waals surface area contributed by atoms with Gasteiger partial charge in [0.1, 0.15) is 30.1 Å². The van der Waals surface area contributed by atoms with Crippen molar-refractivity contribution in [1.29, 1.82) is 0 Å². The maximum Gasteiger partial charge on any atom is 0.274 e. The number of ether oxygens (including phenoxy) is 2. The van der Waals surface area contributed by atoms with Crippen molar-refractivity contribution in [2.45, 2.75) is 77.8 Å². The van der Waals surface area contributed by atoms with Gasteiger partial charge in [-0.2, -0.15) is 0 Å². The second kappa shape index (κ2) is 18.2. The Hall–Kier alpha value is -5.64. The van der Waals surface area contributed by atoms with E-state index < -0.39 is 35.9 Å². The lowest BCUT2D eigenvalue weighted by atomic mass is 10.0. The number of amides is 4. The van der Waals surface area contributed by atoms with Crippen molar-refractivity contribution in [2.24, 2.45) is 5.92 Å². The first kappa shape index (κ1) is 38.6. The van der Waals surface area contributed by atoms with Crippen LogP contribution in [-0.2, 0) is 22.7 Å². The molecular formula is C37H47N9O7. The monoisotopic (exact) mass is 729 g/mol. The van der Waals surface area contributed by atoms with Crippen molar-refractivity contribution < 1.29 is 33.8 Å². The van der Waals surface area contributed by atoms with Crippen LogP contribution in [0.3, 0.4) is 0 Å². The van der Waals surface area contributed by atoms with Crippen LogP contribution in [0.2, 0.25) is 0 Å². The number of benzene rings is 2. The molecule has 5 rings (SSSR count). The Morgan fingerprint density at radius 3 is 2.53 bits per heavy atom. The van der Waals surface area contributed by atoms with Crippen LogP contribution < -0.4 is 25.4 Å². The molecule has 282 valence electrons. The van der Waals surface area contributed by atoms with Gasteiger partial charge in [0.05, 0.1) is 36.6 Å². The van der Waals surface area contributed by atoms with E-state index in [-0.39, 0.29) is 48.4 Å². The standard InChI is InChI=1S/C37H47N9O7/c1-23(2)18-29-35(49)42-33(24(3)47)36(50)38-14-7-8-15-45(37(51)30-20-39-27-10-5-6-11-28(27)40-30)16-9-17-46-21-26(43-44-46)22-53-32-19-25(34(48)41-29)12-13-31(32)52-4/h5-6,10-13,19-21,23-24,29,33,47H,7-9,14-18,22H2,1-4H3,(H,38,50)(H,41,48)(H,42,49)/t24-,29-,33+/m1/s1.